The van der Waals surface area contributed by atoms with Crippen LogP contribution in [0.1, 0.15) is 55.4 Å². The van der Waals surface area contributed by atoms with E-state index < -0.39 is 16.7 Å². The first-order valence-corrected chi connectivity index (χ1v) is 10.9. The smallest absolute Gasteiger partial charge is 0.269 e. The minimum Gasteiger partial charge on any atom is -0.454 e. The van der Waals surface area contributed by atoms with Crippen molar-refractivity contribution in [3.63, 3.8) is 0 Å². The second-order valence-corrected chi connectivity index (χ2v) is 9.62. The first kappa shape index (κ1) is 19.9. The lowest BCUT2D eigenvalue weighted by Gasteiger charge is -2.39. The largest absolute Gasteiger partial charge is 0.454 e. The first-order valence-electron chi connectivity index (χ1n) is 10.9. The number of fused-ring (bicyclic) bond motifs is 7. The molecular weight excluding hydrogens is 422 g/mol. The Morgan fingerprint density at radius 1 is 0.909 bits per heavy atom. The fraction of sp³-hybridized carbons (Fsp3) is 0.375. The molecule has 2 aliphatic carbocycles. The molecule has 3 heterocycles. The predicted molar refractivity (Wildman–Crippen MR) is 118 cm³/mol. The van der Waals surface area contributed by atoms with Crippen LogP contribution in [0.4, 0.5) is 0 Å². The van der Waals surface area contributed by atoms with Crippen LogP contribution in [-0.2, 0) is 15.6 Å². The van der Waals surface area contributed by atoms with Crippen molar-refractivity contribution >= 4 is 22.8 Å². The second kappa shape index (κ2) is 6.40. The van der Waals surface area contributed by atoms with Gasteiger partial charge in [0.2, 0.25) is 6.79 Å². The molecule has 3 aromatic rings. The van der Waals surface area contributed by atoms with Gasteiger partial charge in [0, 0.05) is 35.5 Å². The predicted octanol–water partition coefficient (Wildman–Crippen LogP) is 2.54. The molecule has 2 bridgehead atoms. The van der Waals surface area contributed by atoms with Gasteiger partial charge in [-0.3, -0.25) is 25.4 Å². The third-order valence-corrected chi connectivity index (χ3v) is 8.15. The van der Waals surface area contributed by atoms with Crippen LogP contribution in [0.2, 0.25) is 0 Å². The zero-order valence-corrected chi connectivity index (χ0v) is 18.6. The van der Waals surface area contributed by atoms with E-state index in [9.17, 15) is 9.59 Å². The summed E-state index contributed by atoms with van der Waals surface area (Å²) >= 11 is 0. The lowest BCUT2D eigenvalue weighted by molar-refractivity contribution is -0.131. The minimum atomic E-state index is -0.930. The summed E-state index contributed by atoms with van der Waals surface area (Å²) in [4.78, 5) is 40.1. The summed E-state index contributed by atoms with van der Waals surface area (Å²) in [6.45, 7) is 6.49. The highest BCUT2D eigenvalue weighted by Crippen LogP contribution is 2.70. The van der Waals surface area contributed by atoms with Crippen LogP contribution in [0, 0.1) is 5.41 Å². The third kappa shape index (κ3) is 2.39. The molecule has 6 rings (SSSR count). The monoisotopic (exact) mass is 445 g/mol. The Labute approximate surface area is 189 Å². The van der Waals surface area contributed by atoms with Gasteiger partial charge in [-0.05, 0) is 30.4 Å². The summed E-state index contributed by atoms with van der Waals surface area (Å²) in [6.07, 6.45) is 4.47. The van der Waals surface area contributed by atoms with Crippen LogP contribution < -0.4 is 20.3 Å². The Balaban J connectivity index is 1.42. The summed E-state index contributed by atoms with van der Waals surface area (Å²) in [5.41, 5.74) is 6.76. The lowest BCUT2D eigenvalue weighted by Crippen LogP contribution is -2.55. The first-order chi connectivity index (χ1) is 15.8. The van der Waals surface area contributed by atoms with Crippen LogP contribution in [0.3, 0.4) is 0 Å². The van der Waals surface area contributed by atoms with Crippen molar-refractivity contribution in [2.75, 3.05) is 6.79 Å². The molecule has 2 unspecified atom stereocenters. The van der Waals surface area contributed by atoms with Crippen LogP contribution in [-0.4, -0.2) is 33.6 Å². The number of benzene rings is 1. The van der Waals surface area contributed by atoms with E-state index in [1.807, 2.05) is 12.1 Å². The molecule has 1 saturated carbocycles. The van der Waals surface area contributed by atoms with E-state index in [4.69, 9.17) is 19.4 Å². The number of hydrogen-bond donors (Lipinski definition) is 2. The van der Waals surface area contributed by atoms with Crippen molar-refractivity contribution in [3.8, 4) is 11.5 Å². The fourth-order valence-electron chi connectivity index (χ4n) is 5.79. The van der Waals surface area contributed by atoms with E-state index in [0.29, 0.717) is 40.2 Å². The topological polar surface area (TPSA) is 115 Å². The summed E-state index contributed by atoms with van der Waals surface area (Å²) in [5, 5.41) is 0. The normalized spacial score (nSPS) is 25.7. The van der Waals surface area contributed by atoms with Gasteiger partial charge >= 0.3 is 0 Å². The molecule has 0 radical (unpaired) electrons. The Kier molecular flexibility index (Phi) is 3.86. The van der Waals surface area contributed by atoms with Crippen LogP contribution in [0.15, 0.2) is 36.7 Å². The molecule has 1 fully saturated rings. The zero-order valence-electron chi connectivity index (χ0n) is 18.6. The molecule has 3 aliphatic rings. The number of ether oxygens (including phenoxy) is 2. The number of pyridine rings is 1. The minimum absolute atomic E-state index is 0.166. The van der Waals surface area contributed by atoms with Gasteiger partial charge in [-0.25, -0.2) is 9.97 Å². The molecule has 2 amide bonds. The van der Waals surface area contributed by atoms with E-state index in [-0.39, 0.29) is 18.1 Å². The van der Waals surface area contributed by atoms with Crippen molar-refractivity contribution in [2.24, 2.45) is 5.41 Å². The van der Waals surface area contributed by atoms with E-state index in [0.717, 1.165) is 12.1 Å². The maximum atomic E-state index is 13.8. The van der Waals surface area contributed by atoms with E-state index >= 15 is 0 Å². The number of aromatic nitrogens is 3. The molecule has 2 N–H and O–H groups in total. The molecule has 2 atom stereocenters. The van der Waals surface area contributed by atoms with Crippen LogP contribution in [0.5, 0.6) is 11.5 Å². The van der Waals surface area contributed by atoms with Gasteiger partial charge in [-0.1, -0.05) is 20.8 Å². The Bertz CT molecular complexity index is 1340. The molecule has 1 aromatic carbocycles. The highest BCUT2D eigenvalue weighted by molar-refractivity contribution is 5.98. The summed E-state index contributed by atoms with van der Waals surface area (Å²) in [7, 11) is 0. The summed E-state index contributed by atoms with van der Waals surface area (Å²) in [6, 6.07) is 6.82. The number of amides is 2. The number of carbonyl (C=O) groups excluding carboxylic acids is 2. The quantitative estimate of drug-likeness (QED) is 0.583. The van der Waals surface area contributed by atoms with E-state index in [1.54, 1.807) is 12.1 Å². The maximum absolute atomic E-state index is 13.8. The van der Waals surface area contributed by atoms with Crippen molar-refractivity contribution in [3.05, 3.63) is 53.6 Å². The Hall–Kier alpha value is -3.75. The van der Waals surface area contributed by atoms with Gasteiger partial charge in [0.15, 0.2) is 11.5 Å². The number of carbonyl (C=O) groups is 2. The molecule has 1 aliphatic heterocycles. The molecular formula is C24H23N5O4. The average molecular weight is 445 g/mol. The molecule has 33 heavy (non-hydrogen) atoms. The average Bonchev–Trinajstić information content (AvgIpc) is 3.39. The van der Waals surface area contributed by atoms with Crippen LogP contribution in [0.25, 0.3) is 11.0 Å². The summed E-state index contributed by atoms with van der Waals surface area (Å²) in [5.74, 6) is 0.576. The Morgan fingerprint density at radius 3 is 2.21 bits per heavy atom. The van der Waals surface area contributed by atoms with Crippen molar-refractivity contribution in [1.82, 2.24) is 25.8 Å². The van der Waals surface area contributed by atoms with Gasteiger partial charge in [0.1, 0.15) is 5.41 Å². The van der Waals surface area contributed by atoms with Gasteiger partial charge in [0.05, 0.1) is 22.4 Å². The molecule has 0 saturated heterocycles. The third-order valence-electron chi connectivity index (χ3n) is 8.15. The number of rotatable bonds is 2. The van der Waals surface area contributed by atoms with Crippen molar-refractivity contribution < 1.29 is 19.1 Å². The van der Waals surface area contributed by atoms with Gasteiger partial charge in [-0.15, -0.1) is 0 Å². The molecule has 0 spiro atoms. The highest BCUT2D eigenvalue weighted by Gasteiger charge is 2.73. The fourth-order valence-corrected chi connectivity index (χ4v) is 5.79. The molecule has 9 nitrogen and oxygen atoms in total. The van der Waals surface area contributed by atoms with Crippen molar-refractivity contribution in [1.29, 1.82) is 0 Å². The van der Waals surface area contributed by atoms with Crippen molar-refractivity contribution in [2.45, 2.75) is 44.4 Å². The van der Waals surface area contributed by atoms with E-state index in [1.165, 1.54) is 12.4 Å². The standard InChI is InChI=1S/C24H23N5O4/c1-22(2)23(3)6-7-24(22,21(31)29-28-20(30)13-4-8-25-9-5-13)19-18(23)26-14-10-16-17(33-12-32-16)11-15(14)27-19/h4-5,8-11H,6-7,12H2,1-3H3,(H,28,30)(H,29,31). The highest BCUT2D eigenvalue weighted by atomic mass is 16.7. The second-order valence-electron chi connectivity index (χ2n) is 9.62. The number of hydrazine groups is 1. The summed E-state index contributed by atoms with van der Waals surface area (Å²) < 4.78 is 11.0. The molecule has 168 valence electrons. The Morgan fingerprint density at radius 2 is 1.55 bits per heavy atom. The maximum Gasteiger partial charge on any atom is 0.269 e. The number of hydrogen-bond acceptors (Lipinski definition) is 7. The van der Waals surface area contributed by atoms with Gasteiger partial charge in [0.25, 0.3) is 11.8 Å². The van der Waals surface area contributed by atoms with Crippen LogP contribution >= 0.6 is 0 Å². The zero-order chi connectivity index (χ0) is 23.0. The van der Waals surface area contributed by atoms with E-state index in [2.05, 4.69) is 36.6 Å². The number of nitrogens with one attached hydrogen (secondary N) is 2. The SMILES string of the molecule is CC12CCC(C(=O)NNC(=O)c3ccncc3)(c3nc4cc5c(cc4nc31)OCO5)C2(C)C. The van der Waals surface area contributed by atoms with Gasteiger partial charge < -0.3 is 9.47 Å². The molecule has 2 aromatic heterocycles. The number of nitrogens with zero attached hydrogens (tertiary/aromatic N) is 3. The van der Waals surface area contributed by atoms with Gasteiger partial charge in [-0.2, -0.15) is 0 Å². The molecule has 9 heteroatoms. The lowest BCUT2D eigenvalue weighted by atomic mass is 9.63.